The molecule has 0 fully saturated rings. The molecule has 16 heavy (non-hydrogen) atoms. The summed E-state index contributed by atoms with van der Waals surface area (Å²) in [5.74, 6) is 0. The molecule has 2 aromatic carbocycles. The minimum atomic E-state index is 0.579. The van der Waals surface area contributed by atoms with Gasteiger partial charge in [-0.1, -0.05) is 12.1 Å². The van der Waals surface area contributed by atoms with Gasteiger partial charge in [0.1, 0.15) is 0 Å². The van der Waals surface area contributed by atoms with E-state index in [9.17, 15) is 4.79 Å². The van der Waals surface area contributed by atoms with Gasteiger partial charge in [-0.25, -0.2) is 0 Å². The maximum absolute atomic E-state index is 10.7. The Labute approximate surface area is 117 Å². The van der Waals surface area contributed by atoms with Crippen molar-refractivity contribution in [2.75, 3.05) is 0 Å². The maximum atomic E-state index is 10.7. The van der Waals surface area contributed by atoms with Crippen LogP contribution in [0, 0.1) is 6.07 Å². The van der Waals surface area contributed by atoms with E-state index in [1.807, 2.05) is 68.3 Å². The summed E-state index contributed by atoms with van der Waals surface area (Å²) in [6, 6.07) is 18.0. The van der Waals surface area contributed by atoms with E-state index in [2.05, 4.69) is 21.7 Å². The number of rotatable bonds is 2. The molecule has 0 saturated heterocycles. The molecule has 86 valence electrons. The molecule has 3 heteroatoms. The monoisotopic (exact) mass is 414 g/mol. The van der Waals surface area contributed by atoms with Gasteiger partial charge in [0.05, 0.1) is 6.29 Å². The molecule has 0 aliphatic rings. The van der Waals surface area contributed by atoms with E-state index in [1.54, 1.807) is 6.07 Å². The zero-order valence-electron chi connectivity index (χ0n) is 8.24. The molecule has 0 atom stereocenters. The van der Waals surface area contributed by atoms with Gasteiger partial charge in [-0.15, -0.1) is 53.1 Å². The first-order valence-electron chi connectivity index (χ1n) is 4.48. The fourth-order valence-electron chi connectivity index (χ4n) is 1.37. The van der Waals surface area contributed by atoms with E-state index >= 15 is 0 Å². The number of hydrogen-bond donors (Lipinski definition) is 0. The fraction of sp³-hybridized carbons (Fsp3) is 0. The summed E-state index contributed by atoms with van der Waals surface area (Å²) in [6.45, 7) is 0. The van der Waals surface area contributed by atoms with Crippen molar-refractivity contribution >= 4 is 25.8 Å². The summed E-state index contributed by atoms with van der Waals surface area (Å²) in [7, 11) is 0. The predicted molar refractivity (Wildman–Crippen MR) is 70.9 cm³/mol. The Morgan fingerprint density at radius 1 is 1.06 bits per heavy atom. The average Bonchev–Trinajstić information content (AvgIpc) is 2.42. The van der Waals surface area contributed by atoms with Crippen molar-refractivity contribution in [2.24, 2.45) is 0 Å². The van der Waals surface area contributed by atoms with Crippen LogP contribution in [0.2, 0.25) is 0 Å². The summed E-state index contributed by atoms with van der Waals surface area (Å²) in [5.41, 5.74) is 2.38. The third-order valence-electron chi connectivity index (χ3n) is 2.04. The minimum absolute atomic E-state index is 0.579. The third-order valence-corrected chi connectivity index (χ3v) is 2.04. The van der Waals surface area contributed by atoms with Crippen LogP contribution in [0.1, 0.15) is 5.56 Å². The van der Waals surface area contributed by atoms with Gasteiger partial charge in [0.25, 0.3) is 0 Å². The Kier molecular flexibility index (Phi) is 6.55. The second kappa shape index (κ2) is 7.72. The van der Waals surface area contributed by atoms with Crippen LogP contribution in [0.5, 0.6) is 0 Å². The standard InChI is InChI=1S/C13H8O.HI.Pd.H/c14-10-12-8-4-5-9-13(12)11-6-2-1-3-7-11;;;/h1-6,8-9H;1H;;/q-2;;+1;/p-1. The molecule has 0 aliphatic carbocycles. The van der Waals surface area contributed by atoms with Crippen LogP contribution < -0.4 is 0 Å². The van der Waals surface area contributed by atoms with Gasteiger partial charge in [-0.3, -0.25) is 0 Å². The molecule has 0 saturated carbocycles. The molecule has 2 rings (SSSR count). The first kappa shape index (κ1) is 13.6. The van der Waals surface area contributed by atoms with Crippen molar-refractivity contribution in [2.45, 2.75) is 0 Å². The molecule has 0 heterocycles. The second-order valence-corrected chi connectivity index (χ2v) is 2.92. The second-order valence-electron chi connectivity index (χ2n) is 2.92. The third kappa shape index (κ3) is 3.52. The van der Waals surface area contributed by atoms with Crippen LogP contribution in [0.4, 0.5) is 0 Å². The van der Waals surface area contributed by atoms with Crippen molar-refractivity contribution in [3.63, 3.8) is 0 Å². The summed E-state index contributed by atoms with van der Waals surface area (Å²) in [6.07, 6.45) is 1.92. The molecule has 0 amide bonds. The van der Waals surface area contributed by atoms with E-state index in [4.69, 9.17) is 0 Å². The predicted octanol–water partition coefficient (Wildman–Crippen LogP) is 3.23. The van der Waals surface area contributed by atoms with Crippen LogP contribution in [0.25, 0.3) is 11.1 Å². The quantitative estimate of drug-likeness (QED) is 0.419. The van der Waals surface area contributed by atoms with Crippen LogP contribution in [0.3, 0.4) is 0 Å². The van der Waals surface area contributed by atoms with Crippen molar-refractivity contribution in [1.82, 2.24) is 0 Å². The van der Waals surface area contributed by atoms with Gasteiger partial charge in [-0.05, 0) is 0 Å². The first-order valence-corrected chi connectivity index (χ1v) is 9.36. The molecule has 0 unspecified atom stereocenters. The first-order chi connectivity index (χ1) is 7.92. The summed E-state index contributed by atoms with van der Waals surface area (Å²) in [4.78, 5) is 10.7. The van der Waals surface area contributed by atoms with Crippen LogP contribution in [-0.2, 0) is 20.4 Å². The SMILES string of the molecule is O=[C-]c1ccccc1-c1[c-]cccc1.[PdH][I]. The fourth-order valence-corrected chi connectivity index (χ4v) is 1.37. The number of hydrogen-bond acceptors (Lipinski definition) is 1. The molecule has 0 bridgehead atoms. The molecule has 2 aromatic rings. The van der Waals surface area contributed by atoms with Crippen LogP contribution >= 0.6 is 19.5 Å². The average molecular weight is 415 g/mol. The molecule has 0 aliphatic heterocycles. The van der Waals surface area contributed by atoms with Crippen molar-refractivity contribution in [3.8, 4) is 11.1 Å². The van der Waals surface area contributed by atoms with Gasteiger partial charge in [-0.2, -0.15) is 6.07 Å². The van der Waals surface area contributed by atoms with Gasteiger partial charge in [0.15, 0.2) is 0 Å². The normalized spacial score (nSPS) is 8.94. The van der Waals surface area contributed by atoms with E-state index in [0.717, 1.165) is 11.1 Å². The number of benzene rings is 2. The Morgan fingerprint density at radius 3 is 2.38 bits per heavy atom. The van der Waals surface area contributed by atoms with Crippen LogP contribution in [-0.4, -0.2) is 6.29 Å². The van der Waals surface area contributed by atoms with Crippen LogP contribution in [0.15, 0.2) is 48.5 Å². The Hall–Kier alpha value is -0.498. The van der Waals surface area contributed by atoms with E-state index < -0.39 is 0 Å². The van der Waals surface area contributed by atoms with Gasteiger partial charge >= 0.3 is 35.1 Å². The molecule has 1 nitrogen and oxygen atoms in total. The summed E-state index contributed by atoms with van der Waals surface area (Å²) in [5, 5.41) is 0. The molecular weight excluding hydrogens is 405 g/mol. The molecular formula is C13H9IOPd-2. The van der Waals surface area contributed by atoms with Gasteiger partial charge in [0, 0.05) is 0 Å². The molecule has 0 radical (unpaired) electrons. The summed E-state index contributed by atoms with van der Waals surface area (Å²) < 4.78 is 0. The van der Waals surface area contributed by atoms with Crippen molar-refractivity contribution in [3.05, 3.63) is 60.2 Å². The van der Waals surface area contributed by atoms with E-state index in [-0.39, 0.29) is 0 Å². The van der Waals surface area contributed by atoms with Crippen molar-refractivity contribution in [1.29, 1.82) is 0 Å². The molecule has 0 N–H and O–H groups in total. The molecule has 0 aromatic heterocycles. The summed E-state index contributed by atoms with van der Waals surface area (Å²) >= 11 is 4.56. The zero-order chi connectivity index (χ0) is 11.8. The Morgan fingerprint density at radius 2 is 1.75 bits per heavy atom. The van der Waals surface area contributed by atoms with Crippen molar-refractivity contribution < 1.29 is 20.4 Å². The van der Waals surface area contributed by atoms with E-state index in [0.29, 0.717) is 5.56 Å². The Bertz CT molecular complexity index is 443. The molecule has 0 spiro atoms. The topological polar surface area (TPSA) is 17.1 Å². The number of carbonyl (C=O) groups excluding carboxylic acids is 1. The number of halogens is 1. The van der Waals surface area contributed by atoms with Gasteiger partial charge in [0.2, 0.25) is 0 Å². The van der Waals surface area contributed by atoms with E-state index in [1.165, 1.54) is 0 Å². The van der Waals surface area contributed by atoms with Gasteiger partial charge < -0.3 is 4.79 Å². The Balaban J connectivity index is 0.000000606. The zero-order valence-corrected chi connectivity index (χ0v) is 12.0.